The molecule has 1 N–H and O–H groups in total. The average molecular weight is 581 g/mol. The number of ether oxygens (including phenoxy) is 2. The van der Waals surface area contributed by atoms with Gasteiger partial charge in [-0.25, -0.2) is 0 Å². The number of carbonyl (C=O) groups excluding carboxylic acids is 3. The molecule has 5 atom stereocenters. The first kappa shape index (κ1) is 30.4. The normalized spacial score (nSPS) is 30.3. The van der Waals surface area contributed by atoms with Gasteiger partial charge in [-0.2, -0.15) is 0 Å². The molecule has 0 saturated carbocycles. The number of carbonyl (C=O) groups is 3. The zero-order chi connectivity index (χ0) is 29.9. The van der Waals surface area contributed by atoms with E-state index in [1.807, 2.05) is 37.3 Å². The Balaban J connectivity index is 1.50. The van der Waals surface area contributed by atoms with Crippen molar-refractivity contribution in [1.29, 1.82) is 0 Å². The first-order chi connectivity index (χ1) is 20.4. The molecule has 228 valence electrons. The summed E-state index contributed by atoms with van der Waals surface area (Å²) in [5, 5.41) is 9.99. The fraction of sp³-hybridized carbons (Fsp3) is 0.594. The maximum atomic E-state index is 14.5. The summed E-state index contributed by atoms with van der Waals surface area (Å²) in [6, 6.07) is 8.44. The standard InChI is InChI=1S/C32H44N4O6/c1-4-14-34(17-16-33-19-22-41-23-20-33)30(40)27-32-13-12-31(6-3,42-32)25(26(32)29(39)36(27)18-21-37)28(38)35(15-5-2)24-10-8-7-9-11-24/h4-5,7-11,25-27,37H,1-2,6,12-23H2,3H3/t25-,26-,27?,31+,32?/m0/s1. The first-order valence-corrected chi connectivity index (χ1v) is 15.2. The summed E-state index contributed by atoms with van der Waals surface area (Å²) in [5.41, 5.74) is -1.28. The number of rotatable bonds is 13. The Morgan fingerprint density at radius 3 is 2.43 bits per heavy atom. The van der Waals surface area contributed by atoms with Crippen LogP contribution in [0.3, 0.4) is 0 Å². The zero-order valence-electron chi connectivity index (χ0n) is 24.7. The Morgan fingerprint density at radius 2 is 1.79 bits per heavy atom. The van der Waals surface area contributed by atoms with Gasteiger partial charge in [-0.15, -0.1) is 13.2 Å². The number of aliphatic hydroxyl groups is 1. The van der Waals surface area contributed by atoms with Crippen LogP contribution >= 0.6 is 0 Å². The number of fused-ring (bicyclic) bond motifs is 1. The third-order valence-electron chi connectivity index (χ3n) is 9.62. The number of aliphatic hydroxyl groups excluding tert-OH is 1. The van der Waals surface area contributed by atoms with E-state index in [4.69, 9.17) is 9.47 Å². The molecule has 0 radical (unpaired) electrons. The van der Waals surface area contributed by atoms with E-state index in [-0.39, 0.29) is 37.4 Å². The topological polar surface area (TPSA) is 103 Å². The van der Waals surface area contributed by atoms with Crippen LogP contribution in [-0.2, 0) is 23.9 Å². The summed E-state index contributed by atoms with van der Waals surface area (Å²) >= 11 is 0. The van der Waals surface area contributed by atoms with Crippen LogP contribution in [0.25, 0.3) is 0 Å². The highest BCUT2D eigenvalue weighted by molar-refractivity contribution is 6.03. The Labute approximate surface area is 248 Å². The second-order valence-corrected chi connectivity index (χ2v) is 11.7. The summed E-state index contributed by atoms with van der Waals surface area (Å²) in [4.78, 5) is 50.4. The number of likely N-dealkylation sites (tertiary alicyclic amines) is 1. The molecule has 4 aliphatic rings. The lowest BCUT2D eigenvalue weighted by molar-refractivity contribution is -0.153. The lowest BCUT2D eigenvalue weighted by atomic mass is 9.64. The van der Waals surface area contributed by atoms with Gasteiger partial charge in [-0.05, 0) is 31.4 Å². The van der Waals surface area contributed by atoms with Crippen LogP contribution in [0.1, 0.15) is 26.2 Å². The number of benzene rings is 1. The summed E-state index contributed by atoms with van der Waals surface area (Å²) in [7, 11) is 0. The van der Waals surface area contributed by atoms with Gasteiger partial charge in [0.05, 0.1) is 37.3 Å². The van der Waals surface area contributed by atoms with Gasteiger partial charge in [-0.3, -0.25) is 19.3 Å². The van der Waals surface area contributed by atoms with Gasteiger partial charge in [0.2, 0.25) is 17.7 Å². The van der Waals surface area contributed by atoms with Crippen LogP contribution in [-0.4, -0.2) is 120 Å². The first-order valence-electron chi connectivity index (χ1n) is 15.2. The number of para-hydroxylation sites is 1. The molecular weight excluding hydrogens is 536 g/mol. The molecule has 10 nitrogen and oxygen atoms in total. The predicted octanol–water partition coefficient (Wildman–Crippen LogP) is 1.70. The lowest BCUT2D eigenvalue weighted by Gasteiger charge is -2.37. The van der Waals surface area contributed by atoms with E-state index < -0.39 is 29.1 Å². The van der Waals surface area contributed by atoms with E-state index in [0.717, 1.165) is 18.8 Å². The third-order valence-corrected chi connectivity index (χ3v) is 9.62. The van der Waals surface area contributed by atoms with Crippen LogP contribution in [0.5, 0.6) is 0 Å². The van der Waals surface area contributed by atoms with Gasteiger partial charge in [-0.1, -0.05) is 37.3 Å². The molecule has 4 aliphatic heterocycles. The van der Waals surface area contributed by atoms with Crippen LogP contribution in [0.4, 0.5) is 5.69 Å². The monoisotopic (exact) mass is 580 g/mol. The second-order valence-electron chi connectivity index (χ2n) is 11.7. The largest absolute Gasteiger partial charge is 0.395 e. The van der Waals surface area contributed by atoms with Crippen molar-refractivity contribution in [3.05, 3.63) is 55.6 Å². The Kier molecular flexibility index (Phi) is 9.17. The highest BCUT2D eigenvalue weighted by Crippen LogP contribution is 2.64. The Morgan fingerprint density at radius 1 is 1.07 bits per heavy atom. The summed E-state index contributed by atoms with van der Waals surface area (Å²) in [6.45, 7) is 14.1. The molecule has 1 aromatic carbocycles. The van der Waals surface area contributed by atoms with E-state index in [2.05, 4.69) is 18.1 Å². The zero-order valence-corrected chi connectivity index (χ0v) is 24.7. The van der Waals surface area contributed by atoms with Gasteiger partial charge in [0.15, 0.2) is 0 Å². The quantitative estimate of drug-likeness (QED) is 0.355. The predicted molar refractivity (Wildman–Crippen MR) is 159 cm³/mol. The van der Waals surface area contributed by atoms with Crippen LogP contribution in [0.2, 0.25) is 0 Å². The van der Waals surface area contributed by atoms with Crippen molar-refractivity contribution in [2.75, 3.05) is 70.5 Å². The molecule has 2 unspecified atom stereocenters. The van der Waals surface area contributed by atoms with Gasteiger partial charge in [0, 0.05) is 51.5 Å². The molecule has 1 spiro atoms. The smallest absolute Gasteiger partial charge is 0.248 e. The molecule has 2 bridgehead atoms. The molecule has 0 aromatic heterocycles. The molecule has 1 aromatic rings. The van der Waals surface area contributed by atoms with E-state index >= 15 is 0 Å². The van der Waals surface area contributed by atoms with Crippen molar-refractivity contribution < 1.29 is 29.0 Å². The number of morpholine rings is 1. The molecular formula is C32H44N4O6. The maximum absolute atomic E-state index is 14.5. The fourth-order valence-corrected chi connectivity index (χ4v) is 7.66. The van der Waals surface area contributed by atoms with Crippen molar-refractivity contribution in [2.45, 2.75) is 43.4 Å². The van der Waals surface area contributed by atoms with Gasteiger partial charge in [0.25, 0.3) is 0 Å². The van der Waals surface area contributed by atoms with E-state index in [0.29, 0.717) is 52.1 Å². The number of β-amino-alcohol motifs (C(OH)–C–C–N with tert-alkyl or cyclic N) is 1. The number of amides is 3. The van der Waals surface area contributed by atoms with E-state index in [1.54, 1.807) is 22.0 Å². The molecule has 42 heavy (non-hydrogen) atoms. The highest BCUT2D eigenvalue weighted by Gasteiger charge is 2.79. The number of anilines is 1. The minimum atomic E-state index is -1.14. The molecule has 5 rings (SSSR count). The van der Waals surface area contributed by atoms with Crippen molar-refractivity contribution in [3.63, 3.8) is 0 Å². The average Bonchev–Trinajstić information content (AvgIpc) is 3.62. The van der Waals surface area contributed by atoms with Crippen molar-refractivity contribution in [1.82, 2.24) is 14.7 Å². The second kappa shape index (κ2) is 12.7. The SMILES string of the molecule is C=CCN(CCN1CCOCC1)C(=O)C1N(CCO)C(=O)[C@@H]2[C@@H](C(=O)N(CC=C)c3ccccc3)[C@@]3(CC)CCC12O3. The third kappa shape index (κ3) is 5.08. The minimum absolute atomic E-state index is 0.00264. The number of hydrogen-bond donors (Lipinski definition) is 1. The van der Waals surface area contributed by atoms with Gasteiger partial charge in [0.1, 0.15) is 11.6 Å². The van der Waals surface area contributed by atoms with Crippen LogP contribution < -0.4 is 4.90 Å². The molecule has 10 heteroatoms. The summed E-state index contributed by atoms with van der Waals surface area (Å²) in [5.74, 6) is -2.30. The van der Waals surface area contributed by atoms with Gasteiger partial charge < -0.3 is 29.3 Å². The van der Waals surface area contributed by atoms with E-state index in [9.17, 15) is 19.5 Å². The summed E-state index contributed by atoms with van der Waals surface area (Å²) in [6.07, 6.45) is 4.99. The van der Waals surface area contributed by atoms with Crippen molar-refractivity contribution in [2.24, 2.45) is 11.8 Å². The van der Waals surface area contributed by atoms with Crippen LogP contribution in [0, 0.1) is 11.8 Å². The highest BCUT2D eigenvalue weighted by atomic mass is 16.5. The van der Waals surface area contributed by atoms with Crippen LogP contribution in [0.15, 0.2) is 55.6 Å². The Bertz CT molecular complexity index is 1170. The maximum Gasteiger partial charge on any atom is 0.248 e. The molecule has 4 heterocycles. The fourth-order valence-electron chi connectivity index (χ4n) is 7.66. The number of nitrogens with zero attached hydrogens (tertiary/aromatic N) is 4. The van der Waals surface area contributed by atoms with Crippen molar-refractivity contribution >= 4 is 23.4 Å². The summed E-state index contributed by atoms with van der Waals surface area (Å²) < 4.78 is 12.4. The Hall–Kier alpha value is -3.05. The lowest BCUT2D eigenvalue weighted by Crippen LogP contribution is -2.57. The minimum Gasteiger partial charge on any atom is -0.395 e. The van der Waals surface area contributed by atoms with Crippen molar-refractivity contribution in [3.8, 4) is 0 Å². The number of hydrogen-bond acceptors (Lipinski definition) is 7. The molecule has 4 fully saturated rings. The van der Waals surface area contributed by atoms with Gasteiger partial charge >= 0.3 is 0 Å². The van der Waals surface area contributed by atoms with E-state index in [1.165, 1.54) is 4.90 Å². The molecule has 4 saturated heterocycles. The molecule has 3 amide bonds. The molecule has 0 aliphatic carbocycles.